The molecule has 0 radical (unpaired) electrons. The molecule has 0 aromatic heterocycles. The molecule has 0 spiro atoms. The van der Waals surface area contributed by atoms with E-state index in [0.29, 0.717) is 29.5 Å². The largest absolute Gasteiger partial charge is 0.334 e. The molecule has 1 unspecified atom stereocenters. The van der Waals surface area contributed by atoms with Gasteiger partial charge in [0.2, 0.25) is 5.91 Å². The minimum Gasteiger partial charge on any atom is -0.334 e. The van der Waals surface area contributed by atoms with E-state index in [-0.39, 0.29) is 42.0 Å². The number of likely N-dealkylation sites (tertiary alicyclic amines) is 1. The zero-order valence-electron chi connectivity index (χ0n) is 25.9. The highest BCUT2D eigenvalue weighted by Crippen LogP contribution is 2.34. The quantitative estimate of drug-likeness (QED) is 0.429. The number of benzene rings is 2. The van der Waals surface area contributed by atoms with Crippen LogP contribution in [0.25, 0.3) is 0 Å². The minimum atomic E-state index is -0.883. The van der Waals surface area contributed by atoms with Gasteiger partial charge >= 0.3 is 0 Å². The first-order valence-electron chi connectivity index (χ1n) is 15.6. The van der Waals surface area contributed by atoms with Crippen molar-refractivity contribution in [3.8, 4) is 0 Å². The van der Waals surface area contributed by atoms with Gasteiger partial charge in [-0.2, -0.15) is 5.06 Å². The molecule has 0 saturated carbocycles. The Bertz CT molecular complexity index is 1340. The number of hydroxylamine groups is 2. The van der Waals surface area contributed by atoms with Gasteiger partial charge in [-0.15, -0.1) is 0 Å². The number of piperazine rings is 1. The van der Waals surface area contributed by atoms with E-state index in [1.807, 2.05) is 38.7 Å². The highest BCUT2D eigenvalue weighted by atomic mass is 16.7. The van der Waals surface area contributed by atoms with Crippen LogP contribution in [-0.4, -0.2) is 94.3 Å². The molecule has 2 aromatic carbocycles. The Morgan fingerprint density at radius 1 is 0.837 bits per heavy atom. The normalized spacial score (nSPS) is 23.7. The lowest BCUT2D eigenvalue weighted by Gasteiger charge is -2.55. The molecule has 3 fully saturated rings. The van der Waals surface area contributed by atoms with E-state index in [2.05, 4.69) is 11.9 Å². The first-order chi connectivity index (χ1) is 20.5. The topological polar surface area (TPSA) is 90.5 Å². The number of ketones is 1. The van der Waals surface area contributed by atoms with Gasteiger partial charge in [0.15, 0.2) is 18.1 Å². The van der Waals surface area contributed by atoms with E-state index < -0.39 is 24.2 Å². The molecule has 0 aliphatic carbocycles. The highest BCUT2D eigenvalue weighted by Gasteiger charge is 2.54. The van der Waals surface area contributed by atoms with Crippen LogP contribution < -0.4 is 0 Å². The molecule has 3 atom stereocenters. The standard InChI is InChI=1S/C34H44N4O5/c1-22(2)18-28-33(41)36(27-14-16-35(5)17-15-27)21-30-37(28)34(42)29(19-23(3)4)43-38(30)32(40)26-13-9-12-25(20-26)31(39)24-10-7-6-8-11-24/h6-13,20,22-23,27-30H,14-19,21H2,1-5H3/t28-,29+,30?/m0/s1. The van der Waals surface area contributed by atoms with Crippen LogP contribution in [0.5, 0.6) is 0 Å². The Labute approximate surface area is 254 Å². The highest BCUT2D eigenvalue weighted by molar-refractivity contribution is 6.10. The van der Waals surface area contributed by atoms with E-state index in [1.54, 1.807) is 53.4 Å². The van der Waals surface area contributed by atoms with Gasteiger partial charge in [-0.25, -0.2) is 0 Å². The van der Waals surface area contributed by atoms with Crippen molar-refractivity contribution in [1.29, 1.82) is 0 Å². The average molecular weight is 589 g/mol. The lowest BCUT2D eigenvalue weighted by molar-refractivity contribution is -0.264. The molecule has 3 heterocycles. The third-order valence-corrected chi connectivity index (χ3v) is 8.74. The number of nitrogens with zero attached hydrogens (tertiary/aromatic N) is 4. The monoisotopic (exact) mass is 588 g/mol. The lowest BCUT2D eigenvalue weighted by Crippen LogP contribution is -2.74. The fraction of sp³-hybridized carbons (Fsp3) is 0.529. The van der Waals surface area contributed by atoms with Crippen LogP contribution in [0.3, 0.4) is 0 Å². The third-order valence-electron chi connectivity index (χ3n) is 8.74. The second-order valence-corrected chi connectivity index (χ2v) is 13.0. The van der Waals surface area contributed by atoms with Crippen LogP contribution in [-0.2, 0) is 14.4 Å². The van der Waals surface area contributed by atoms with E-state index >= 15 is 0 Å². The number of hydrogen-bond donors (Lipinski definition) is 0. The smallest absolute Gasteiger partial charge is 0.279 e. The molecule has 9 heteroatoms. The Balaban J connectivity index is 1.52. The molecule has 3 aliphatic rings. The molecular formula is C34H44N4O5. The van der Waals surface area contributed by atoms with Crippen molar-refractivity contribution in [3.63, 3.8) is 0 Å². The summed E-state index contributed by atoms with van der Waals surface area (Å²) < 4.78 is 0. The minimum absolute atomic E-state index is 0.0350. The van der Waals surface area contributed by atoms with Crippen molar-refractivity contribution in [1.82, 2.24) is 19.8 Å². The fourth-order valence-electron chi connectivity index (χ4n) is 6.51. The van der Waals surface area contributed by atoms with Crippen molar-refractivity contribution >= 4 is 23.5 Å². The Morgan fingerprint density at radius 2 is 1.47 bits per heavy atom. The summed E-state index contributed by atoms with van der Waals surface area (Å²) in [5, 5.41) is 1.32. The number of piperidine rings is 1. The first kappa shape index (κ1) is 30.9. The number of carbonyl (C=O) groups is 4. The number of rotatable bonds is 8. The number of fused-ring (bicyclic) bond motifs is 1. The molecule has 0 bridgehead atoms. The fourth-order valence-corrected chi connectivity index (χ4v) is 6.51. The number of carbonyl (C=O) groups excluding carboxylic acids is 4. The molecule has 3 saturated heterocycles. The van der Waals surface area contributed by atoms with Crippen LogP contribution in [0.1, 0.15) is 79.7 Å². The van der Waals surface area contributed by atoms with Gasteiger partial charge in [0.1, 0.15) is 6.04 Å². The molecule has 3 aliphatic heterocycles. The molecule has 3 amide bonds. The molecular weight excluding hydrogens is 544 g/mol. The molecule has 230 valence electrons. The van der Waals surface area contributed by atoms with Gasteiger partial charge in [0.25, 0.3) is 11.8 Å². The Hall–Kier alpha value is -3.56. The Morgan fingerprint density at radius 3 is 2.12 bits per heavy atom. The van der Waals surface area contributed by atoms with Crippen LogP contribution in [0.2, 0.25) is 0 Å². The zero-order chi connectivity index (χ0) is 30.8. The maximum absolute atomic E-state index is 14.3. The number of hydrogen-bond acceptors (Lipinski definition) is 6. The van der Waals surface area contributed by atoms with Crippen molar-refractivity contribution in [3.05, 3.63) is 71.3 Å². The van der Waals surface area contributed by atoms with Gasteiger partial charge in [-0.3, -0.25) is 24.0 Å². The second kappa shape index (κ2) is 13.0. The molecule has 5 rings (SSSR count). The van der Waals surface area contributed by atoms with Crippen LogP contribution in [0, 0.1) is 11.8 Å². The third kappa shape index (κ3) is 6.53. The second-order valence-electron chi connectivity index (χ2n) is 13.0. The van der Waals surface area contributed by atoms with Gasteiger partial charge in [0, 0.05) is 22.7 Å². The summed E-state index contributed by atoms with van der Waals surface area (Å²) in [6, 6.07) is 15.0. The molecule has 43 heavy (non-hydrogen) atoms. The molecule has 2 aromatic rings. The van der Waals surface area contributed by atoms with Crippen LogP contribution >= 0.6 is 0 Å². The summed E-state index contributed by atoms with van der Waals surface area (Å²) in [6.07, 6.45) is 0.948. The molecule has 9 nitrogen and oxygen atoms in total. The van der Waals surface area contributed by atoms with Crippen molar-refractivity contribution in [2.24, 2.45) is 11.8 Å². The SMILES string of the molecule is CC(C)C[C@H]1ON(C(=O)c2cccc(C(=O)c3ccccc3)c2)C2CN(C3CCN(C)CC3)C(=O)[C@H](CC(C)C)N2C1=O. The summed E-state index contributed by atoms with van der Waals surface area (Å²) >= 11 is 0. The van der Waals surface area contributed by atoms with Crippen molar-refractivity contribution in [2.45, 2.75) is 77.7 Å². The van der Waals surface area contributed by atoms with Gasteiger partial charge in [-0.1, -0.05) is 70.2 Å². The van der Waals surface area contributed by atoms with E-state index in [1.165, 1.54) is 5.06 Å². The van der Waals surface area contributed by atoms with Crippen LogP contribution in [0.15, 0.2) is 54.6 Å². The van der Waals surface area contributed by atoms with Gasteiger partial charge < -0.3 is 14.7 Å². The van der Waals surface area contributed by atoms with Crippen molar-refractivity contribution < 1.29 is 24.0 Å². The zero-order valence-corrected chi connectivity index (χ0v) is 25.9. The van der Waals surface area contributed by atoms with Crippen molar-refractivity contribution in [2.75, 3.05) is 26.7 Å². The molecule has 0 N–H and O–H groups in total. The predicted molar refractivity (Wildman–Crippen MR) is 163 cm³/mol. The summed E-state index contributed by atoms with van der Waals surface area (Å²) in [5.74, 6) is -0.596. The summed E-state index contributed by atoms with van der Waals surface area (Å²) in [6.45, 7) is 10.1. The predicted octanol–water partition coefficient (Wildman–Crippen LogP) is 4.23. The maximum Gasteiger partial charge on any atom is 0.279 e. The summed E-state index contributed by atoms with van der Waals surface area (Å²) in [7, 11) is 2.08. The van der Waals surface area contributed by atoms with Gasteiger partial charge in [0.05, 0.1) is 6.54 Å². The van der Waals surface area contributed by atoms with E-state index in [9.17, 15) is 19.2 Å². The van der Waals surface area contributed by atoms with Crippen LogP contribution in [0.4, 0.5) is 0 Å². The summed E-state index contributed by atoms with van der Waals surface area (Å²) in [5.41, 5.74) is 1.22. The lowest BCUT2D eigenvalue weighted by atomic mass is 9.93. The number of amides is 3. The summed E-state index contributed by atoms with van der Waals surface area (Å²) in [4.78, 5) is 67.7. The Kier molecular flexibility index (Phi) is 9.32. The van der Waals surface area contributed by atoms with E-state index in [0.717, 1.165) is 25.9 Å². The van der Waals surface area contributed by atoms with E-state index in [4.69, 9.17) is 4.84 Å². The first-order valence-corrected chi connectivity index (χ1v) is 15.6. The maximum atomic E-state index is 14.3. The van der Waals surface area contributed by atoms with Gasteiger partial charge in [-0.05, 0) is 69.8 Å². The average Bonchev–Trinajstić information content (AvgIpc) is 2.99.